The second-order valence-corrected chi connectivity index (χ2v) is 5.51. The Balaban J connectivity index is 2.28. The fraction of sp³-hybridized carbons (Fsp3) is 0.133. The van der Waals surface area contributed by atoms with Crippen molar-refractivity contribution >= 4 is 33.2 Å². The van der Waals surface area contributed by atoms with Gasteiger partial charge in [0.05, 0.1) is 4.92 Å². The van der Waals surface area contributed by atoms with Gasteiger partial charge in [0.15, 0.2) is 0 Å². The Hall–Kier alpha value is -2.21. The molecule has 0 radical (unpaired) electrons. The summed E-state index contributed by atoms with van der Waals surface area (Å²) in [6, 6.07) is 11.2. The molecule has 0 saturated heterocycles. The number of hydrogen-bond donors (Lipinski definition) is 0. The van der Waals surface area contributed by atoms with Crippen molar-refractivity contribution in [3.05, 3.63) is 68.2 Å². The topological polar surface area (TPSA) is 63.5 Å². The van der Waals surface area contributed by atoms with Crippen molar-refractivity contribution in [2.24, 2.45) is 0 Å². The van der Waals surface area contributed by atoms with Gasteiger partial charge in [-0.05, 0) is 42.8 Å². The summed E-state index contributed by atoms with van der Waals surface area (Å²) in [5, 5.41) is 10.6. The third kappa shape index (κ3) is 3.28. The first kappa shape index (κ1) is 15.2. The molecule has 0 aromatic heterocycles. The smallest absolute Gasteiger partial charge is 0.269 e. The van der Waals surface area contributed by atoms with E-state index in [9.17, 15) is 14.9 Å². The number of carbonyl (C=O) groups excluding carboxylic acids is 1. The second kappa shape index (κ2) is 6.05. The maximum Gasteiger partial charge on any atom is 0.269 e. The summed E-state index contributed by atoms with van der Waals surface area (Å²) in [5.74, 6) is -0.213. The van der Waals surface area contributed by atoms with E-state index in [1.165, 1.54) is 29.2 Å². The molecule has 0 aliphatic rings. The van der Waals surface area contributed by atoms with Crippen LogP contribution in [0.15, 0.2) is 46.9 Å². The van der Waals surface area contributed by atoms with Crippen LogP contribution in [0.2, 0.25) is 0 Å². The van der Waals surface area contributed by atoms with E-state index < -0.39 is 4.92 Å². The minimum atomic E-state index is -0.489. The molecule has 0 saturated carbocycles. The Morgan fingerprint density at radius 2 is 1.81 bits per heavy atom. The van der Waals surface area contributed by atoms with Gasteiger partial charge in [-0.1, -0.05) is 15.9 Å². The van der Waals surface area contributed by atoms with E-state index in [1.807, 2.05) is 25.1 Å². The molecule has 0 fully saturated rings. The summed E-state index contributed by atoms with van der Waals surface area (Å²) in [4.78, 5) is 24.1. The number of halogens is 1. The summed E-state index contributed by atoms with van der Waals surface area (Å²) in [6.45, 7) is 1.92. The third-order valence-electron chi connectivity index (χ3n) is 3.15. The number of anilines is 1. The van der Waals surface area contributed by atoms with Crippen molar-refractivity contribution in [1.29, 1.82) is 0 Å². The molecule has 2 aromatic carbocycles. The molecule has 21 heavy (non-hydrogen) atoms. The van der Waals surface area contributed by atoms with E-state index in [-0.39, 0.29) is 11.6 Å². The van der Waals surface area contributed by atoms with Gasteiger partial charge in [0.25, 0.3) is 11.6 Å². The fourth-order valence-electron chi connectivity index (χ4n) is 2.02. The van der Waals surface area contributed by atoms with Crippen LogP contribution >= 0.6 is 15.9 Å². The maximum absolute atomic E-state index is 12.4. The highest BCUT2D eigenvalue weighted by Gasteiger charge is 2.16. The number of rotatable bonds is 3. The lowest BCUT2D eigenvalue weighted by molar-refractivity contribution is -0.384. The van der Waals surface area contributed by atoms with Crippen molar-refractivity contribution in [3.8, 4) is 0 Å². The SMILES string of the molecule is Cc1cc(Br)ccc1N(C)C(=O)c1ccc([N+](=O)[O-])cc1. The van der Waals surface area contributed by atoms with Crippen molar-refractivity contribution in [1.82, 2.24) is 0 Å². The molecule has 0 N–H and O–H groups in total. The molecule has 0 aliphatic heterocycles. The summed E-state index contributed by atoms with van der Waals surface area (Å²) in [5.41, 5.74) is 2.13. The molecule has 1 amide bonds. The van der Waals surface area contributed by atoms with Crippen LogP contribution in [-0.4, -0.2) is 17.9 Å². The van der Waals surface area contributed by atoms with Gasteiger partial charge in [0, 0.05) is 34.9 Å². The summed E-state index contributed by atoms with van der Waals surface area (Å²) in [7, 11) is 1.68. The highest BCUT2D eigenvalue weighted by atomic mass is 79.9. The van der Waals surface area contributed by atoms with Gasteiger partial charge < -0.3 is 4.90 Å². The van der Waals surface area contributed by atoms with Crippen LogP contribution in [0.5, 0.6) is 0 Å². The number of aryl methyl sites for hydroxylation is 1. The van der Waals surface area contributed by atoms with Gasteiger partial charge in [-0.15, -0.1) is 0 Å². The van der Waals surface area contributed by atoms with Gasteiger partial charge in [0.1, 0.15) is 0 Å². The quantitative estimate of drug-likeness (QED) is 0.623. The first-order valence-electron chi connectivity index (χ1n) is 6.19. The Labute approximate surface area is 130 Å². The van der Waals surface area contributed by atoms with Crippen LogP contribution in [0, 0.1) is 17.0 Å². The first-order valence-corrected chi connectivity index (χ1v) is 6.98. The van der Waals surface area contributed by atoms with Gasteiger partial charge >= 0.3 is 0 Å². The first-order chi connectivity index (χ1) is 9.90. The standard InChI is InChI=1S/C15H13BrN2O3/c1-10-9-12(16)5-8-14(10)17(2)15(19)11-3-6-13(7-4-11)18(20)21/h3-9H,1-2H3. The van der Waals surface area contributed by atoms with Gasteiger partial charge in [-0.3, -0.25) is 14.9 Å². The minimum Gasteiger partial charge on any atom is -0.311 e. The van der Waals surface area contributed by atoms with Crippen molar-refractivity contribution in [3.63, 3.8) is 0 Å². The van der Waals surface area contributed by atoms with E-state index in [1.54, 1.807) is 7.05 Å². The molecule has 2 rings (SSSR count). The Bertz CT molecular complexity index is 699. The number of nitro groups is 1. The average molecular weight is 349 g/mol. The molecular weight excluding hydrogens is 336 g/mol. The number of hydrogen-bond acceptors (Lipinski definition) is 3. The number of amides is 1. The van der Waals surface area contributed by atoms with E-state index in [4.69, 9.17) is 0 Å². The van der Waals surface area contributed by atoms with Crippen molar-refractivity contribution in [2.75, 3.05) is 11.9 Å². The van der Waals surface area contributed by atoms with E-state index >= 15 is 0 Å². The predicted molar refractivity (Wildman–Crippen MR) is 84.7 cm³/mol. The van der Waals surface area contributed by atoms with E-state index in [0.717, 1.165) is 15.7 Å². The molecule has 2 aromatic rings. The largest absolute Gasteiger partial charge is 0.311 e. The highest BCUT2D eigenvalue weighted by molar-refractivity contribution is 9.10. The molecular formula is C15H13BrN2O3. The van der Waals surface area contributed by atoms with Gasteiger partial charge in [-0.25, -0.2) is 0 Å². The molecule has 0 unspecified atom stereocenters. The van der Waals surface area contributed by atoms with Crippen LogP contribution < -0.4 is 4.90 Å². The van der Waals surface area contributed by atoms with Gasteiger partial charge in [0.2, 0.25) is 0 Å². The summed E-state index contributed by atoms with van der Waals surface area (Å²) >= 11 is 3.38. The van der Waals surface area contributed by atoms with Crippen molar-refractivity contribution < 1.29 is 9.72 Å². The van der Waals surface area contributed by atoms with E-state index in [2.05, 4.69) is 15.9 Å². The highest BCUT2D eigenvalue weighted by Crippen LogP contribution is 2.24. The second-order valence-electron chi connectivity index (χ2n) is 4.60. The molecule has 0 spiro atoms. The molecule has 5 nitrogen and oxygen atoms in total. The van der Waals surface area contributed by atoms with E-state index in [0.29, 0.717) is 5.56 Å². The zero-order valence-electron chi connectivity index (χ0n) is 11.5. The average Bonchev–Trinajstić information content (AvgIpc) is 2.46. The normalized spacial score (nSPS) is 10.2. The maximum atomic E-state index is 12.4. The molecule has 0 heterocycles. The number of nitro benzene ring substituents is 1. The third-order valence-corrected chi connectivity index (χ3v) is 3.64. The number of carbonyl (C=O) groups is 1. The fourth-order valence-corrected chi connectivity index (χ4v) is 2.50. The Morgan fingerprint density at radius 3 is 2.33 bits per heavy atom. The lowest BCUT2D eigenvalue weighted by atomic mass is 10.1. The van der Waals surface area contributed by atoms with Gasteiger partial charge in [-0.2, -0.15) is 0 Å². The van der Waals surface area contributed by atoms with Crippen LogP contribution in [0.25, 0.3) is 0 Å². The van der Waals surface area contributed by atoms with Crippen LogP contribution in [0.1, 0.15) is 15.9 Å². The van der Waals surface area contributed by atoms with Crippen LogP contribution in [0.3, 0.4) is 0 Å². The molecule has 0 atom stereocenters. The summed E-state index contributed by atoms with van der Waals surface area (Å²) in [6.07, 6.45) is 0. The Kier molecular flexibility index (Phi) is 4.37. The molecule has 0 aliphatic carbocycles. The molecule has 6 heteroatoms. The number of nitrogens with zero attached hydrogens (tertiary/aromatic N) is 2. The lowest BCUT2D eigenvalue weighted by Gasteiger charge is -2.19. The molecule has 108 valence electrons. The van der Waals surface area contributed by atoms with Crippen LogP contribution in [-0.2, 0) is 0 Å². The molecule has 0 bridgehead atoms. The lowest BCUT2D eigenvalue weighted by Crippen LogP contribution is -2.26. The van der Waals surface area contributed by atoms with Crippen molar-refractivity contribution in [2.45, 2.75) is 6.92 Å². The number of non-ortho nitro benzene ring substituents is 1. The monoisotopic (exact) mass is 348 g/mol. The predicted octanol–water partition coefficient (Wildman–Crippen LogP) is 3.94. The number of benzene rings is 2. The minimum absolute atomic E-state index is 0.0333. The Morgan fingerprint density at radius 1 is 1.19 bits per heavy atom. The summed E-state index contributed by atoms with van der Waals surface area (Å²) < 4.78 is 0.944. The van der Waals surface area contributed by atoms with Crippen LogP contribution in [0.4, 0.5) is 11.4 Å². The zero-order valence-corrected chi connectivity index (χ0v) is 13.1. The zero-order chi connectivity index (χ0) is 15.6.